The molecule has 0 spiro atoms. The maximum absolute atomic E-state index is 13.1. The van der Waals surface area contributed by atoms with Crippen LogP contribution in [0.2, 0.25) is 0 Å². The second-order valence-corrected chi connectivity index (χ2v) is 6.86. The summed E-state index contributed by atoms with van der Waals surface area (Å²) < 4.78 is 17.7. The lowest BCUT2D eigenvalue weighted by Crippen LogP contribution is -2.58. The summed E-state index contributed by atoms with van der Waals surface area (Å²) in [5.41, 5.74) is -0.103. The summed E-state index contributed by atoms with van der Waals surface area (Å²) in [4.78, 5) is 26.1. The summed E-state index contributed by atoms with van der Waals surface area (Å²) in [7, 11) is 0. The van der Waals surface area contributed by atoms with E-state index in [1.807, 2.05) is 0 Å². The molecule has 1 saturated heterocycles. The number of amides is 1. The van der Waals surface area contributed by atoms with Crippen LogP contribution in [0.5, 0.6) is 0 Å². The van der Waals surface area contributed by atoms with Crippen molar-refractivity contribution in [2.75, 3.05) is 13.1 Å². The zero-order valence-corrected chi connectivity index (χ0v) is 14.8. The molecule has 0 bridgehead atoms. The van der Waals surface area contributed by atoms with Crippen LogP contribution in [0.1, 0.15) is 23.4 Å². The van der Waals surface area contributed by atoms with Crippen molar-refractivity contribution in [2.24, 2.45) is 5.41 Å². The van der Waals surface area contributed by atoms with E-state index in [9.17, 15) is 24.2 Å². The highest BCUT2D eigenvalue weighted by Gasteiger charge is 2.50. The summed E-state index contributed by atoms with van der Waals surface area (Å²) in [6, 6.07) is 5.45. The third kappa shape index (κ3) is 3.82. The topological polar surface area (TPSA) is 117 Å². The van der Waals surface area contributed by atoms with E-state index >= 15 is 0 Å². The summed E-state index contributed by atoms with van der Waals surface area (Å²) in [5, 5.41) is 27.6. The third-order valence-corrected chi connectivity index (χ3v) is 5.06. The number of aliphatic hydroxyl groups excluding tert-OH is 1. The van der Waals surface area contributed by atoms with E-state index in [4.69, 9.17) is 0 Å². The number of hydrogen-bond donors (Lipinski definition) is 2. The summed E-state index contributed by atoms with van der Waals surface area (Å²) >= 11 is 0. The van der Waals surface area contributed by atoms with E-state index in [0.717, 1.165) is 0 Å². The summed E-state index contributed by atoms with van der Waals surface area (Å²) in [5.74, 6) is -1.94. The number of nitrogens with zero attached hydrogens (tertiary/aromatic N) is 3. The smallest absolute Gasteiger partial charge is 0.314 e. The first-order chi connectivity index (χ1) is 12.8. The number of piperidine rings is 1. The molecule has 0 aliphatic carbocycles. The van der Waals surface area contributed by atoms with E-state index in [1.54, 1.807) is 6.92 Å². The Bertz CT molecular complexity index is 838. The van der Waals surface area contributed by atoms with Gasteiger partial charge in [0.05, 0.1) is 12.5 Å². The van der Waals surface area contributed by atoms with E-state index in [1.165, 1.54) is 29.2 Å². The Balaban J connectivity index is 1.81. The highest BCUT2D eigenvalue weighted by Crippen LogP contribution is 2.35. The number of carboxylic acid groups (broad SMARTS) is 1. The van der Waals surface area contributed by atoms with Crippen LogP contribution in [0.3, 0.4) is 0 Å². The Morgan fingerprint density at radius 2 is 2.04 bits per heavy atom. The van der Waals surface area contributed by atoms with Crippen molar-refractivity contribution in [1.29, 1.82) is 0 Å². The maximum atomic E-state index is 13.1. The molecule has 144 valence electrons. The highest BCUT2D eigenvalue weighted by atomic mass is 19.1. The normalized spacial score (nSPS) is 22.6. The van der Waals surface area contributed by atoms with Crippen molar-refractivity contribution in [2.45, 2.75) is 32.3 Å². The molecule has 1 aliphatic heterocycles. The van der Waals surface area contributed by atoms with Crippen LogP contribution in [0.25, 0.3) is 0 Å². The molecule has 1 aromatic carbocycles. The fraction of sp³-hybridized carbons (Fsp3) is 0.444. The Kier molecular flexibility index (Phi) is 5.22. The van der Waals surface area contributed by atoms with Gasteiger partial charge in [0, 0.05) is 13.1 Å². The molecule has 0 saturated carbocycles. The molecular formula is C18H20FN3O5. The van der Waals surface area contributed by atoms with Gasteiger partial charge in [-0.05, 0) is 37.5 Å². The van der Waals surface area contributed by atoms with Crippen molar-refractivity contribution in [3.8, 4) is 0 Å². The molecule has 0 unspecified atom stereocenters. The van der Waals surface area contributed by atoms with Gasteiger partial charge in [0.15, 0.2) is 0 Å². The maximum Gasteiger partial charge on any atom is 0.314 e. The minimum atomic E-state index is -1.57. The third-order valence-electron chi connectivity index (χ3n) is 5.06. The molecule has 1 fully saturated rings. The molecule has 2 heterocycles. The predicted molar refractivity (Wildman–Crippen MR) is 90.1 cm³/mol. The van der Waals surface area contributed by atoms with Gasteiger partial charge in [0.1, 0.15) is 22.6 Å². The van der Waals surface area contributed by atoms with Crippen LogP contribution >= 0.6 is 0 Å². The number of hydrogen-bond acceptors (Lipinski definition) is 6. The number of aryl methyl sites for hydroxylation is 1. The van der Waals surface area contributed by atoms with Crippen LogP contribution in [-0.4, -0.2) is 56.5 Å². The molecule has 1 aromatic heterocycles. The zero-order valence-electron chi connectivity index (χ0n) is 14.8. The monoisotopic (exact) mass is 377 g/mol. The second kappa shape index (κ2) is 7.43. The van der Waals surface area contributed by atoms with Gasteiger partial charge in [-0.3, -0.25) is 9.59 Å². The molecule has 1 aliphatic rings. The Hall–Kier alpha value is -2.81. The van der Waals surface area contributed by atoms with Gasteiger partial charge in [0.25, 0.3) is 0 Å². The van der Waals surface area contributed by atoms with Crippen molar-refractivity contribution in [1.82, 2.24) is 15.2 Å². The van der Waals surface area contributed by atoms with E-state index < -0.39 is 23.3 Å². The van der Waals surface area contributed by atoms with Gasteiger partial charge < -0.3 is 15.1 Å². The van der Waals surface area contributed by atoms with Gasteiger partial charge in [-0.1, -0.05) is 22.4 Å². The van der Waals surface area contributed by atoms with Gasteiger partial charge in [-0.2, -0.15) is 0 Å². The predicted octanol–water partition coefficient (Wildman–Crippen LogP) is 0.967. The number of carbonyl (C=O) groups is 2. The molecule has 2 atom stereocenters. The van der Waals surface area contributed by atoms with Gasteiger partial charge in [-0.15, -0.1) is 0 Å². The fourth-order valence-corrected chi connectivity index (χ4v) is 3.38. The van der Waals surface area contributed by atoms with Crippen molar-refractivity contribution in [3.63, 3.8) is 0 Å². The van der Waals surface area contributed by atoms with Crippen molar-refractivity contribution in [3.05, 3.63) is 47.0 Å². The number of halogens is 1. The first-order valence-corrected chi connectivity index (χ1v) is 8.53. The summed E-state index contributed by atoms with van der Waals surface area (Å²) in [6.07, 6.45) is -1.06. The van der Waals surface area contributed by atoms with Gasteiger partial charge in [-0.25, -0.2) is 9.02 Å². The van der Waals surface area contributed by atoms with E-state index in [2.05, 4.69) is 14.9 Å². The van der Waals surface area contributed by atoms with Crippen LogP contribution < -0.4 is 0 Å². The Labute approximate surface area is 154 Å². The minimum absolute atomic E-state index is 0.0158. The summed E-state index contributed by atoms with van der Waals surface area (Å²) in [6.45, 7) is 1.75. The average molecular weight is 377 g/mol. The Morgan fingerprint density at radius 3 is 2.63 bits per heavy atom. The van der Waals surface area contributed by atoms with Gasteiger partial charge in [0.2, 0.25) is 5.91 Å². The van der Waals surface area contributed by atoms with Crippen LogP contribution in [0.15, 0.2) is 28.9 Å². The Morgan fingerprint density at radius 1 is 1.33 bits per heavy atom. The lowest BCUT2D eigenvalue weighted by atomic mass is 9.72. The highest BCUT2D eigenvalue weighted by molar-refractivity contribution is 5.81. The minimum Gasteiger partial charge on any atom is -0.481 e. The number of likely N-dealkylation sites (tertiary alicyclic amines) is 1. The first kappa shape index (κ1) is 19.0. The van der Waals surface area contributed by atoms with Crippen molar-refractivity contribution >= 4 is 11.9 Å². The molecule has 3 rings (SSSR count). The molecule has 0 radical (unpaired) electrons. The number of aliphatic hydroxyl groups is 1. The number of aliphatic carboxylic acids is 1. The molecule has 27 heavy (non-hydrogen) atoms. The number of carbonyl (C=O) groups excluding carboxylic acids is 1. The van der Waals surface area contributed by atoms with Gasteiger partial charge >= 0.3 is 5.97 Å². The molecule has 1 amide bonds. The largest absolute Gasteiger partial charge is 0.481 e. The van der Waals surface area contributed by atoms with E-state index in [-0.39, 0.29) is 38.3 Å². The first-order valence-electron chi connectivity index (χ1n) is 8.53. The molecule has 9 heteroatoms. The number of aromatic nitrogens is 2. The van der Waals surface area contributed by atoms with Crippen LogP contribution in [-0.2, 0) is 22.4 Å². The second-order valence-electron chi connectivity index (χ2n) is 6.86. The van der Waals surface area contributed by atoms with Crippen molar-refractivity contribution < 1.29 is 28.8 Å². The van der Waals surface area contributed by atoms with Crippen LogP contribution in [0, 0.1) is 18.2 Å². The molecular weight excluding hydrogens is 357 g/mol. The molecule has 2 aromatic rings. The number of benzene rings is 1. The van der Waals surface area contributed by atoms with E-state index in [0.29, 0.717) is 17.0 Å². The fourth-order valence-electron chi connectivity index (χ4n) is 3.38. The lowest BCUT2D eigenvalue weighted by Gasteiger charge is -2.43. The molecule has 8 nitrogen and oxygen atoms in total. The SMILES string of the molecule is Cc1nonc1CC(=O)N1CC[C@@H](O)[C@](Cc2ccc(F)cc2)(C(=O)O)C1. The number of rotatable bonds is 5. The zero-order chi connectivity index (χ0) is 19.6. The number of carboxylic acids is 1. The molecule has 2 N–H and O–H groups in total. The standard InChI is InChI=1S/C18H20FN3O5/c1-11-14(21-27-20-11)8-16(24)22-7-6-15(23)18(10-22,17(25)26)9-12-2-4-13(19)5-3-12/h2-5,15,23H,6-10H2,1H3,(H,25,26)/t15-,18-/m1/s1. The average Bonchev–Trinajstić information content (AvgIpc) is 3.03. The lowest BCUT2D eigenvalue weighted by molar-refractivity contribution is -0.165. The van der Waals surface area contributed by atoms with Crippen LogP contribution in [0.4, 0.5) is 4.39 Å². The quantitative estimate of drug-likeness (QED) is 0.797.